The van der Waals surface area contributed by atoms with Crippen molar-refractivity contribution in [3.8, 4) is 0 Å². The van der Waals surface area contributed by atoms with Crippen LogP contribution >= 0.6 is 11.8 Å². The molecule has 1 aliphatic rings. The standard InChI is InChI=1S/C14H21NOS/c1-14(2)6-7-17-10-13(14)15-12-5-3-4-11(8-12)9-16/h3-5,8,13,15-16H,6-7,9-10H2,1-2H3. The third kappa shape index (κ3) is 3.17. The zero-order valence-electron chi connectivity index (χ0n) is 10.6. The molecule has 94 valence electrons. The van der Waals surface area contributed by atoms with Gasteiger partial charge in [-0.3, -0.25) is 0 Å². The fraction of sp³-hybridized carbons (Fsp3) is 0.571. The topological polar surface area (TPSA) is 32.3 Å². The van der Waals surface area contributed by atoms with Crippen LogP contribution in [0.25, 0.3) is 0 Å². The molecule has 1 aliphatic heterocycles. The summed E-state index contributed by atoms with van der Waals surface area (Å²) in [5.74, 6) is 2.43. The summed E-state index contributed by atoms with van der Waals surface area (Å²) in [5, 5.41) is 12.8. The second-order valence-electron chi connectivity index (χ2n) is 5.37. The maximum atomic E-state index is 9.14. The van der Waals surface area contributed by atoms with Gasteiger partial charge < -0.3 is 10.4 Å². The van der Waals surface area contributed by atoms with Gasteiger partial charge >= 0.3 is 0 Å². The average molecular weight is 251 g/mol. The molecule has 1 saturated heterocycles. The fourth-order valence-corrected chi connectivity index (χ4v) is 3.74. The Kier molecular flexibility index (Phi) is 4.00. The van der Waals surface area contributed by atoms with E-state index in [-0.39, 0.29) is 6.61 Å². The molecule has 0 spiro atoms. The Hall–Kier alpha value is -0.670. The van der Waals surface area contributed by atoms with Crippen LogP contribution in [0.15, 0.2) is 24.3 Å². The summed E-state index contributed by atoms with van der Waals surface area (Å²) in [6.45, 7) is 4.78. The van der Waals surface area contributed by atoms with Gasteiger partial charge in [-0.25, -0.2) is 0 Å². The maximum Gasteiger partial charge on any atom is 0.0682 e. The van der Waals surface area contributed by atoms with Gasteiger partial charge in [0.25, 0.3) is 0 Å². The molecule has 17 heavy (non-hydrogen) atoms. The minimum Gasteiger partial charge on any atom is -0.392 e. The number of nitrogens with one attached hydrogen (secondary N) is 1. The highest BCUT2D eigenvalue weighted by Crippen LogP contribution is 2.36. The first-order valence-electron chi connectivity index (χ1n) is 6.16. The maximum absolute atomic E-state index is 9.14. The summed E-state index contributed by atoms with van der Waals surface area (Å²) in [5.41, 5.74) is 2.44. The molecule has 2 nitrogen and oxygen atoms in total. The Labute approximate surface area is 108 Å². The molecule has 1 unspecified atom stereocenters. The summed E-state index contributed by atoms with van der Waals surface area (Å²) < 4.78 is 0. The van der Waals surface area contributed by atoms with Gasteiger partial charge in [0.15, 0.2) is 0 Å². The van der Waals surface area contributed by atoms with E-state index in [9.17, 15) is 0 Å². The quantitative estimate of drug-likeness (QED) is 0.865. The molecule has 2 N–H and O–H groups in total. The van der Waals surface area contributed by atoms with Crippen molar-refractivity contribution < 1.29 is 5.11 Å². The van der Waals surface area contributed by atoms with E-state index in [1.54, 1.807) is 0 Å². The molecule has 1 atom stereocenters. The normalized spacial score (nSPS) is 23.4. The highest BCUT2D eigenvalue weighted by molar-refractivity contribution is 7.99. The van der Waals surface area contributed by atoms with Crippen LogP contribution in [0.3, 0.4) is 0 Å². The fourth-order valence-electron chi connectivity index (χ4n) is 2.13. The van der Waals surface area contributed by atoms with E-state index in [0.29, 0.717) is 11.5 Å². The van der Waals surface area contributed by atoms with E-state index in [1.807, 2.05) is 30.0 Å². The first-order valence-corrected chi connectivity index (χ1v) is 7.31. The van der Waals surface area contributed by atoms with Crippen molar-refractivity contribution in [1.29, 1.82) is 0 Å². The monoisotopic (exact) mass is 251 g/mol. The number of hydrogen-bond acceptors (Lipinski definition) is 3. The van der Waals surface area contributed by atoms with E-state index in [4.69, 9.17) is 5.11 Å². The van der Waals surface area contributed by atoms with Crippen molar-refractivity contribution in [3.05, 3.63) is 29.8 Å². The molecule has 0 amide bonds. The lowest BCUT2D eigenvalue weighted by Crippen LogP contribution is -2.41. The van der Waals surface area contributed by atoms with Crippen LogP contribution in [0, 0.1) is 5.41 Å². The number of benzene rings is 1. The minimum atomic E-state index is 0.109. The number of anilines is 1. The Morgan fingerprint density at radius 3 is 3.00 bits per heavy atom. The predicted octanol–water partition coefficient (Wildman–Crippen LogP) is 3.12. The summed E-state index contributed by atoms with van der Waals surface area (Å²) >= 11 is 2.02. The van der Waals surface area contributed by atoms with Crippen LogP contribution in [0.4, 0.5) is 5.69 Å². The average Bonchev–Trinajstić information content (AvgIpc) is 2.32. The second-order valence-corrected chi connectivity index (χ2v) is 6.52. The zero-order valence-corrected chi connectivity index (χ0v) is 11.4. The molecule has 0 saturated carbocycles. The number of rotatable bonds is 3. The Morgan fingerprint density at radius 2 is 2.29 bits per heavy atom. The lowest BCUT2D eigenvalue weighted by atomic mass is 9.82. The Bertz CT molecular complexity index is 378. The molecule has 1 fully saturated rings. The molecule has 1 heterocycles. The molecular weight excluding hydrogens is 230 g/mol. The van der Waals surface area contributed by atoms with Crippen LogP contribution in [-0.2, 0) is 6.61 Å². The number of aliphatic hydroxyl groups excluding tert-OH is 1. The van der Waals surface area contributed by atoms with Gasteiger partial charge in [-0.1, -0.05) is 26.0 Å². The van der Waals surface area contributed by atoms with Crippen LogP contribution in [-0.4, -0.2) is 22.7 Å². The first kappa shape index (κ1) is 12.8. The molecule has 2 rings (SSSR count). The molecular formula is C14H21NOS. The number of thioether (sulfide) groups is 1. The van der Waals surface area contributed by atoms with Gasteiger partial charge in [0.05, 0.1) is 6.61 Å². The third-order valence-corrected chi connectivity index (χ3v) is 4.63. The van der Waals surface area contributed by atoms with Crippen LogP contribution in [0.1, 0.15) is 25.8 Å². The third-order valence-electron chi connectivity index (χ3n) is 3.57. The molecule has 0 bridgehead atoms. The van der Waals surface area contributed by atoms with Crippen molar-refractivity contribution in [1.82, 2.24) is 0 Å². The van der Waals surface area contributed by atoms with Crippen LogP contribution < -0.4 is 5.32 Å². The van der Waals surface area contributed by atoms with Crippen molar-refractivity contribution in [2.45, 2.75) is 32.9 Å². The lowest BCUT2D eigenvalue weighted by molar-refractivity contribution is 0.282. The minimum absolute atomic E-state index is 0.109. The van der Waals surface area contributed by atoms with Crippen molar-refractivity contribution in [2.24, 2.45) is 5.41 Å². The summed E-state index contributed by atoms with van der Waals surface area (Å²) in [7, 11) is 0. The van der Waals surface area contributed by atoms with E-state index >= 15 is 0 Å². The van der Waals surface area contributed by atoms with Crippen molar-refractivity contribution in [2.75, 3.05) is 16.8 Å². The van der Waals surface area contributed by atoms with Gasteiger partial charge in [0.1, 0.15) is 0 Å². The Balaban J connectivity index is 2.08. The molecule has 1 aromatic carbocycles. The smallest absolute Gasteiger partial charge is 0.0682 e. The molecule has 1 aromatic rings. The van der Waals surface area contributed by atoms with Gasteiger partial charge in [-0.05, 0) is 35.3 Å². The van der Waals surface area contributed by atoms with E-state index in [0.717, 1.165) is 17.0 Å². The Morgan fingerprint density at radius 1 is 1.47 bits per heavy atom. The van der Waals surface area contributed by atoms with Crippen molar-refractivity contribution >= 4 is 17.4 Å². The number of aliphatic hydroxyl groups is 1. The predicted molar refractivity (Wildman–Crippen MR) is 75.5 cm³/mol. The molecule has 0 aliphatic carbocycles. The van der Waals surface area contributed by atoms with E-state index in [1.165, 1.54) is 12.2 Å². The summed E-state index contributed by atoms with van der Waals surface area (Å²) in [4.78, 5) is 0. The molecule has 0 aromatic heterocycles. The van der Waals surface area contributed by atoms with Crippen LogP contribution in [0.5, 0.6) is 0 Å². The summed E-state index contributed by atoms with van der Waals surface area (Å²) in [6.07, 6.45) is 1.26. The van der Waals surface area contributed by atoms with Gasteiger partial charge in [-0.15, -0.1) is 0 Å². The SMILES string of the molecule is CC1(C)CCSCC1Nc1cccc(CO)c1. The van der Waals surface area contributed by atoms with Crippen molar-refractivity contribution in [3.63, 3.8) is 0 Å². The highest BCUT2D eigenvalue weighted by atomic mass is 32.2. The van der Waals surface area contributed by atoms with Gasteiger partial charge in [-0.2, -0.15) is 11.8 Å². The highest BCUT2D eigenvalue weighted by Gasteiger charge is 2.32. The number of hydrogen-bond donors (Lipinski definition) is 2. The second kappa shape index (κ2) is 5.32. The largest absolute Gasteiger partial charge is 0.392 e. The first-order chi connectivity index (χ1) is 8.12. The lowest BCUT2D eigenvalue weighted by Gasteiger charge is -2.39. The zero-order chi connectivity index (χ0) is 12.3. The molecule has 0 radical (unpaired) electrons. The van der Waals surface area contributed by atoms with E-state index in [2.05, 4.69) is 25.2 Å². The van der Waals surface area contributed by atoms with Gasteiger partial charge in [0.2, 0.25) is 0 Å². The van der Waals surface area contributed by atoms with Gasteiger partial charge in [0, 0.05) is 17.5 Å². The molecule has 3 heteroatoms. The summed E-state index contributed by atoms with van der Waals surface area (Å²) in [6, 6.07) is 8.57. The van der Waals surface area contributed by atoms with E-state index < -0.39 is 0 Å². The van der Waals surface area contributed by atoms with Crippen LogP contribution in [0.2, 0.25) is 0 Å².